The molecule has 1 aromatic rings. The van der Waals surface area contributed by atoms with E-state index >= 15 is 0 Å². The molecular weight excluding hydrogens is 300 g/mol. The lowest BCUT2D eigenvalue weighted by molar-refractivity contribution is 0.153. The van der Waals surface area contributed by atoms with Crippen LogP contribution in [0.15, 0.2) is 24.3 Å². The maximum Gasteiger partial charge on any atom is 0.317 e. The van der Waals surface area contributed by atoms with E-state index < -0.39 is 0 Å². The average Bonchev–Trinajstić information content (AvgIpc) is 3.14. The molecule has 3 N–H and O–H groups in total. The molecule has 1 unspecified atom stereocenters. The summed E-state index contributed by atoms with van der Waals surface area (Å²) in [5.41, 5.74) is 8.30. The highest BCUT2D eigenvalue weighted by Crippen LogP contribution is 2.16. The number of nitrogens with two attached hydrogens (primary N) is 1. The number of carbonyl (C=O) groups excluding carboxylic acids is 1. The summed E-state index contributed by atoms with van der Waals surface area (Å²) < 4.78 is 0. The molecule has 0 bridgehead atoms. The fourth-order valence-electron chi connectivity index (χ4n) is 3.75. The molecule has 1 aromatic carbocycles. The highest BCUT2D eigenvalue weighted by Gasteiger charge is 2.25. The lowest BCUT2D eigenvalue weighted by Crippen LogP contribution is -2.51. The van der Waals surface area contributed by atoms with Gasteiger partial charge >= 0.3 is 6.03 Å². The van der Waals surface area contributed by atoms with Crippen LogP contribution in [0.4, 0.5) is 4.79 Å². The lowest BCUT2D eigenvalue weighted by atomic mass is 10.0. The Labute approximate surface area is 145 Å². The smallest absolute Gasteiger partial charge is 0.317 e. The molecule has 2 fully saturated rings. The van der Waals surface area contributed by atoms with Crippen molar-refractivity contribution in [1.82, 2.24) is 15.1 Å². The number of hydrogen-bond acceptors (Lipinski definition) is 3. The zero-order chi connectivity index (χ0) is 16.8. The predicted octanol–water partition coefficient (Wildman–Crippen LogP) is 2.31. The summed E-state index contributed by atoms with van der Waals surface area (Å²) in [6, 6.07) is 8.84. The number of piperidine rings is 1. The van der Waals surface area contributed by atoms with Gasteiger partial charge in [0.25, 0.3) is 0 Å². The zero-order valence-electron chi connectivity index (χ0n) is 14.5. The second-order valence-electron chi connectivity index (χ2n) is 7.04. The molecule has 0 aromatic heterocycles. The van der Waals surface area contributed by atoms with Crippen LogP contribution in [0.1, 0.15) is 43.2 Å². The fourth-order valence-corrected chi connectivity index (χ4v) is 3.75. The van der Waals surface area contributed by atoms with Gasteiger partial charge in [0, 0.05) is 32.2 Å². The van der Waals surface area contributed by atoms with Gasteiger partial charge in [0.15, 0.2) is 0 Å². The summed E-state index contributed by atoms with van der Waals surface area (Å²) in [4.78, 5) is 16.8. The van der Waals surface area contributed by atoms with Crippen LogP contribution in [0, 0.1) is 0 Å². The SMILES string of the molecule is NCC1CCCCN1C(=O)NCc1ccc(CN2CCCC2)cc1. The van der Waals surface area contributed by atoms with Crippen molar-refractivity contribution in [2.24, 2.45) is 5.73 Å². The fraction of sp³-hybridized carbons (Fsp3) is 0.632. The van der Waals surface area contributed by atoms with E-state index in [4.69, 9.17) is 5.73 Å². The van der Waals surface area contributed by atoms with Gasteiger partial charge in [-0.05, 0) is 56.3 Å². The molecule has 2 aliphatic heterocycles. The Morgan fingerprint density at radius 3 is 2.42 bits per heavy atom. The number of urea groups is 1. The van der Waals surface area contributed by atoms with Crippen LogP contribution in [-0.2, 0) is 13.1 Å². The van der Waals surface area contributed by atoms with E-state index in [2.05, 4.69) is 34.5 Å². The predicted molar refractivity (Wildman–Crippen MR) is 96.6 cm³/mol. The summed E-state index contributed by atoms with van der Waals surface area (Å²) >= 11 is 0. The molecular formula is C19H30N4O. The molecule has 0 spiro atoms. The van der Waals surface area contributed by atoms with Crippen LogP contribution < -0.4 is 11.1 Å². The summed E-state index contributed by atoms with van der Waals surface area (Å²) in [7, 11) is 0. The van der Waals surface area contributed by atoms with Gasteiger partial charge in [-0.1, -0.05) is 24.3 Å². The minimum atomic E-state index is 0.0197. The van der Waals surface area contributed by atoms with Gasteiger partial charge in [0.05, 0.1) is 0 Å². The van der Waals surface area contributed by atoms with Crippen molar-refractivity contribution >= 4 is 6.03 Å². The number of benzene rings is 1. The summed E-state index contributed by atoms with van der Waals surface area (Å²) in [6.07, 6.45) is 5.92. The molecule has 0 aliphatic carbocycles. The van der Waals surface area contributed by atoms with Gasteiger partial charge in [-0.2, -0.15) is 0 Å². The molecule has 2 saturated heterocycles. The number of hydrogen-bond donors (Lipinski definition) is 2. The largest absolute Gasteiger partial charge is 0.334 e. The number of amides is 2. The van der Waals surface area contributed by atoms with Crippen LogP contribution in [0.3, 0.4) is 0 Å². The molecule has 0 saturated carbocycles. The monoisotopic (exact) mass is 330 g/mol. The maximum absolute atomic E-state index is 12.4. The van der Waals surface area contributed by atoms with E-state index in [0.29, 0.717) is 13.1 Å². The third-order valence-corrected chi connectivity index (χ3v) is 5.23. The standard InChI is InChI=1S/C19H30N4O/c20-13-18-5-1-2-12-23(18)19(24)21-14-16-6-8-17(9-7-16)15-22-10-3-4-11-22/h6-9,18H,1-5,10-15,20H2,(H,21,24). The first-order chi connectivity index (χ1) is 11.8. The molecule has 5 nitrogen and oxygen atoms in total. The topological polar surface area (TPSA) is 61.6 Å². The second kappa shape index (κ2) is 8.49. The van der Waals surface area contributed by atoms with Crippen LogP contribution in [-0.4, -0.2) is 48.1 Å². The molecule has 2 heterocycles. The van der Waals surface area contributed by atoms with Crippen LogP contribution in [0.25, 0.3) is 0 Å². The van der Waals surface area contributed by atoms with E-state index in [1.165, 1.54) is 37.9 Å². The van der Waals surface area contributed by atoms with Crippen molar-refractivity contribution in [3.63, 3.8) is 0 Å². The van der Waals surface area contributed by atoms with Crippen LogP contribution in [0.2, 0.25) is 0 Å². The summed E-state index contributed by atoms with van der Waals surface area (Å²) in [5, 5.41) is 3.05. The number of carbonyl (C=O) groups is 1. The minimum absolute atomic E-state index is 0.0197. The van der Waals surface area contributed by atoms with Crippen molar-refractivity contribution in [2.45, 2.75) is 51.2 Å². The zero-order valence-corrected chi connectivity index (χ0v) is 14.5. The molecule has 132 valence electrons. The lowest BCUT2D eigenvalue weighted by Gasteiger charge is -2.35. The number of nitrogens with one attached hydrogen (secondary N) is 1. The van der Waals surface area contributed by atoms with Gasteiger partial charge in [-0.15, -0.1) is 0 Å². The Kier molecular flexibility index (Phi) is 6.10. The third-order valence-electron chi connectivity index (χ3n) is 5.23. The number of rotatable bonds is 5. The molecule has 2 amide bonds. The number of likely N-dealkylation sites (tertiary alicyclic amines) is 2. The van der Waals surface area contributed by atoms with Crippen LogP contribution >= 0.6 is 0 Å². The van der Waals surface area contributed by atoms with Crippen molar-refractivity contribution in [3.05, 3.63) is 35.4 Å². The first kappa shape index (κ1) is 17.2. The van der Waals surface area contributed by atoms with Gasteiger partial charge in [0.1, 0.15) is 0 Å². The quantitative estimate of drug-likeness (QED) is 0.871. The van der Waals surface area contributed by atoms with E-state index in [-0.39, 0.29) is 12.1 Å². The Balaban J connectivity index is 1.47. The molecule has 5 heteroatoms. The van der Waals surface area contributed by atoms with E-state index in [0.717, 1.165) is 31.5 Å². The van der Waals surface area contributed by atoms with E-state index in [1.807, 2.05) is 4.90 Å². The first-order valence-electron chi connectivity index (χ1n) is 9.31. The Hall–Kier alpha value is -1.59. The van der Waals surface area contributed by atoms with Gasteiger partial charge < -0.3 is 16.0 Å². The molecule has 24 heavy (non-hydrogen) atoms. The van der Waals surface area contributed by atoms with Gasteiger partial charge in [-0.3, -0.25) is 4.90 Å². The highest BCUT2D eigenvalue weighted by atomic mass is 16.2. The Bertz CT molecular complexity index is 525. The van der Waals surface area contributed by atoms with Crippen LogP contribution in [0.5, 0.6) is 0 Å². The van der Waals surface area contributed by atoms with Gasteiger partial charge in [-0.25, -0.2) is 4.79 Å². The number of nitrogens with zero attached hydrogens (tertiary/aromatic N) is 2. The average molecular weight is 330 g/mol. The van der Waals surface area contributed by atoms with Crippen molar-refractivity contribution in [2.75, 3.05) is 26.2 Å². The van der Waals surface area contributed by atoms with E-state index in [9.17, 15) is 4.79 Å². The summed E-state index contributed by atoms with van der Waals surface area (Å²) in [5.74, 6) is 0. The molecule has 3 rings (SSSR count). The first-order valence-corrected chi connectivity index (χ1v) is 9.31. The molecule has 1 atom stereocenters. The maximum atomic E-state index is 12.4. The summed E-state index contributed by atoms with van der Waals surface area (Å²) in [6.45, 7) is 5.43. The molecule has 0 radical (unpaired) electrons. The van der Waals surface area contributed by atoms with Crippen molar-refractivity contribution < 1.29 is 4.79 Å². The highest BCUT2D eigenvalue weighted by molar-refractivity contribution is 5.74. The second-order valence-corrected chi connectivity index (χ2v) is 7.04. The Morgan fingerprint density at radius 1 is 1.04 bits per heavy atom. The van der Waals surface area contributed by atoms with Gasteiger partial charge in [0.2, 0.25) is 0 Å². The Morgan fingerprint density at radius 2 is 1.71 bits per heavy atom. The van der Waals surface area contributed by atoms with E-state index in [1.54, 1.807) is 0 Å². The van der Waals surface area contributed by atoms with Crippen molar-refractivity contribution in [1.29, 1.82) is 0 Å². The molecule has 2 aliphatic rings. The van der Waals surface area contributed by atoms with Crippen molar-refractivity contribution in [3.8, 4) is 0 Å². The minimum Gasteiger partial charge on any atom is -0.334 e. The third kappa shape index (κ3) is 4.48. The normalized spacial score (nSPS) is 21.9.